The minimum absolute atomic E-state index is 0.0723. The Bertz CT molecular complexity index is 714. The maximum absolute atomic E-state index is 12.2. The first-order valence-electron chi connectivity index (χ1n) is 6.97. The van der Waals surface area contributed by atoms with Gasteiger partial charge in [-0.15, -0.1) is 0 Å². The van der Waals surface area contributed by atoms with Crippen LogP contribution in [0.15, 0.2) is 16.6 Å². The fourth-order valence-electron chi connectivity index (χ4n) is 2.19. The van der Waals surface area contributed by atoms with Crippen molar-refractivity contribution in [3.63, 3.8) is 0 Å². The van der Waals surface area contributed by atoms with Crippen molar-refractivity contribution in [2.45, 2.75) is 19.3 Å². The van der Waals surface area contributed by atoms with Crippen molar-refractivity contribution in [3.05, 3.63) is 37.8 Å². The number of ether oxygens (including phenoxy) is 3. The lowest BCUT2D eigenvalue weighted by molar-refractivity contribution is -0.386. The third-order valence-corrected chi connectivity index (χ3v) is 4.16. The highest BCUT2D eigenvalue weighted by atomic mass is 79.9. The number of nitro groups is 1. The van der Waals surface area contributed by atoms with Gasteiger partial charge in [-0.3, -0.25) is 19.7 Å². The molecule has 0 spiro atoms. The van der Waals surface area contributed by atoms with Crippen LogP contribution in [-0.2, 0) is 29.2 Å². The molecule has 0 saturated carbocycles. The van der Waals surface area contributed by atoms with Gasteiger partial charge in [-0.1, -0.05) is 0 Å². The third-order valence-electron chi connectivity index (χ3n) is 3.50. The Balaban J connectivity index is 3.76. The van der Waals surface area contributed by atoms with Crippen LogP contribution in [0.5, 0.6) is 0 Å². The highest BCUT2D eigenvalue weighted by molar-refractivity contribution is 9.10. The van der Waals surface area contributed by atoms with E-state index in [4.69, 9.17) is 4.74 Å². The fraction of sp³-hybridized carbons (Fsp3) is 0.400. The predicted molar refractivity (Wildman–Crippen MR) is 88.1 cm³/mol. The van der Waals surface area contributed by atoms with Gasteiger partial charge in [-0.25, -0.2) is 4.79 Å². The molecule has 25 heavy (non-hydrogen) atoms. The van der Waals surface area contributed by atoms with Gasteiger partial charge < -0.3 is 14.2 Å². The summed E-state index contributed by atoms with van der Waals surface area (Å²) in [6.45, 7) is 2.80. The third kappa shape index (κ3) is 3.78. The van der Waals surface area contributed by atoms with E-state index in [1.165, 1.54) is 0 Å². The first-order valence-corrected chi connectivity index (χ1v) is 7.76. The number of methoxy groups -OCH3 is 2. The summed E-state index contributed by atoms with van der Waals surface area (Å²) in [6, 6.07) is 2.07. The van der Waals surface area contributed by atoms with Crippen LogP contribution < -0.4 is 0 Å². The molecule has 0 heterocycles. The summed E-state index contributed by atoms with van der Waals surface area (Å²) >= 11 is 3.11. The lowest BCUT2D eigenvalue weighted by Gasteiger charge is -2.24. The van der Waals surface area contributed by atoms with Crippen LogP contribution in [0, 0.1) is 10.1 Å². The summed E-state index contributed by atoms with van der Waals surface area (Å²) in [4.78, 5) is 47.0. The van der Waals surface area contributed by atoms with E-state index in [1.54, 1.807) is 6.92 Å². The second kappa shape index (κ2) is 8.06. The van der Waals surface area contributed by atoms with Gasteiger partial charge in [0, 0.05) is 10.5 Å². The molecular formula is C15H16BrNO8. The molecule has 0 fully saturated rings. The molecule has 0 N–H and O–H groups in total. The summed E-state index contributed by atoms with van der Waals surface area (Å²) in [6.07, 6.45) is 0. The maximum atomic E-state index is 12.2. The van der Waals surface area contributed by atoms with E-state index < -0.39 is 33.9 Å². The van der Waals surface area contributed by atoms with E-state index in [0.717, 1.165) is 33.3 Å². The van der Waals surface area contributed by atoms with Gasteiger partial charge in [0.05, 0.1) is 36.9 Å². The Morgan fingerprint density at radius 2 is 1.72 bits per heavy atom. The van der Waals surface area contributed by atoms with E-state index >= 15 is 0 Å². The zero-order chi connectivity index (χ0) is 19.4. The number of rotatable bonds is 6. The van der Waals surface area contributed by atoms with Crippen molar-refractivity contribution in [2.75, 3.05) is 20.8 Å². The van der Waals surface area contributed by atoms with Crippen molar-refractivity contribution >= 4 is 39.5 Å². The van der Waals surface area contributed by atoms with Gasteiger partial charge in [-0.05, 0) is 35.8 Å². The summed E-state index contributed by atoms with van der Waals surface area (Å²) in [5.74, 6) is -2.88. The Morgan fingerprint density at radius 3 is 2.12 bits per heavy atom. The van der Waals surface area contributed by atoms with Gasteiger partial charge in [0.1, 0.15) is 0 Å². The average Bonchev–Trinajstić information content (AvgIpc) is 2.58. The van der Waals surface area contributed by atoms with Crippen molar-refractivity contribution in [1.82, 2.24) is 0 Å². The smallest absolute Gasteiger partial charge is 0.339 e. The van der Waals surface area contributed by atoms with E-state index in [-0.39, 0.29) is 22.2 Å². The molecule has 136 valence electrons. The molecule has 0 bridgehead atoms. The number of nitrogens with zero attached hydrogens (tertiary/aromatic N) is 1. The lowest BCUT2D eigenvalue weighted by atomic mass is 9.81. The molecule has 10 heteroatoms. The van der Waals surface area contributed by atoms with E-state index in [0.29, 0.717) is 0 Å². The zero-order valence-electron chi connectivity index (χ0n) is 14.0. The second-order valence-corrected chi connectivity index (χ2v) is 5.79. The number of halogens is 1. The summed E-state index contributed by atoms with van der Waals surface area (Å²) in [7, 11) is 2.08. The lowest BCUT2D eigenvalue weighted by Crippen LogP contribution is -2.43. The SMILES string of the molecule is CCOC(=O)c1cc([N+](=O)[O-])c(C(C)(C(=O)OC)C(=O)OC)cc1Br. The number of esters is 3. The zero-order valence-corrected chi connectivity index (χ0v) is 15.5. The largest absolute Gasteiger partial charge is 0.468 e. The summed E-state index contributed by atoms with van der Waals surface area (Å²) < 4.78 is 14.2. The molecule has 0 unspecified atom stereocenters. The Morgan fingerprint density at radius 1 is 1.20 bits per heavy atom. The topological polar surface area (TPSA) is 122 Å². The van der Waals surface area contributed by atoms with E-state index in [2.05, 4.69) is 25.4 Å². The summed E-state index contributed by atoms with van der Waals surface area (Å²) in [5.41, 5.74) is -3.11. The van der Waals surface area contributed by atoms with Gasteiger partial charge in [0.25, 0.3) is 5.69 Å². The quantitative estimate of drug-likeness (QED) is 0.226. The van der Waals surface area contributed by atoms with Crippen molar-refractivity contribution < 1.29 is 33.5 Å². The number of benzene rings is 1. The number of hydrogen-bond acceptors (Lipinski definition) is 8. The predicted octanol–water partition coefficient (Wildman–Crippen LogP) is 2.14. The van der Waals surface area contributed by atoms with Crippen molar-refractivity contribution in [2.24, 2.45) is 0 Å². The average molecular weight is 418 g/mol. The monoisotopic (exact) mass is 417 g/mol. The highest BCUT2D eigenvalue weighted by Gasteiger charge is 2.50. The number of nitro benzene ring substituents is 1. The molecule has 1 aromatic rings. The van der Waals surface area contributed by atoms with Crippen LogP contribution in [0.4, 0.5) is 5.69 Å². The Hall–Kier alpha value is -2.49. The molecule has 0 aliphatic rings. The molecule has 0 aliphatic heterocycles. The van der Waals surface area contributed by atoms with Crippen LogP contribution in [-0.4, -0.2) is 43.7 Å². The molecule has 0 radical (unpaired) electrons. The van der Waals surface area contributed by atoms with Crippen LogP contribution in [0.3, 0.4) is 0 Å². The molecule has 1 rings (SSSR count). The molecule has 0 aliphatic carbocycles. The van der Waals surface area contributed by atoms with Gasteiger partial charge in [0.15, 0.2) is 5.41 Å². The van der Waals surface area contributed by atoms with Crippen LogP contribution in [0.1, 0.15) is 29.8 Å². The normalized spacial score (nSPS) is 10.8. The van der Waals surface area contributed by atoms with Crippen LogP contribution in [0.25, 0.3) is 0 Å². The van der Waals surface area contributed by atoms with Crippen molar-refractivity contribution in [1.29, 1.82) is 0 Å². The Kier molecular flexibility index (Phi) is 6.63. The number of carbonyl (C=O) groups excluding carboxylic acids is 3. The van der Waals surface area contributed by atoms with Gasteiger partial charge >= 0.3 is 17.9 Å². The van der Waals surface area contributed by atoms with E-state index in [9.17, 15) is 24.5 Å². The first kappa shape index (κ1) is 20.6. The highest BCUT2D eigenvalue weighted by Crippen LogP contribution is 2.38. The standard InChI is InChI=1S/C15H16BrNO8/c1-5-25-12(18)8-6-11(17(21)22)9(7-10(8)16)15(2,13(19)23-3)14(20)24-4/h6-7H,5H2,1-4H3. The Labute approximate surface area is 151 Å². The molecule has 1 aromatic carbocycles. The molecule has 0 saturated heterocycles. The van der Waals surface area contributed by atoms with Gasteiger partial charge in [0.2, 0.25) is 0 Å². The van der Waals surface area contributed by atoms with Crippen LogP contribution in [0.2, 0.25) is 0 Å². The fourth-order valence-corrected chi connectivity index (χ4v) is 2.70. The van der Waals surface area contributed by atoms with E-state index in [1.807, 2.05) is 0 Å². The van der Waals surface area contributed by atoms with Gasteiger partial charge in [-0.2, -0.15) is 0 Å². The number of hydrogen-bond donors (Lipinski definition) is 0. The van der Waals surface area contributed by atoms with Crippen LogP contribution >= 0.6 is 15.9 Å². The second-order valence-electron chi connectivity index (χ2n) is 4.93. The number of carbonyl (C=O) groups is 3. The minimum atomic E-state index is -2.10. The maximum Gasteiger partial charge on any atom is 0.339 e. The van der Waals surface area contributed by atoms with Crippen molar-refractivity contribution in [3.8, 4) is 0 Å². The molecule has 0 amide bonds. The molecule has 9 nitrogen and oxygen atoms in total. The first-order chi connectivity index (χ1) is 11.6. The molecular weight excluding hydrogens is 402 g/mol. The minimum Gasteiger partial charge on any atom is -0.468 e. The summed E-state index contributed by atoms with van der Waals surface area (Å²) in [5, 5.41) is 11.5. The molecule has 0 aromatic heterocycles. The molecule has 0 atom stereocenters.